The lowest BCUT2D eigenvalue weighted by Crippen LogP contribution is -2.41. The summed E-state index contributed by atoms with van der Waals surface area (Å²) >= 11 is 0. The highest BCUT2D eigenvalue weighted by Gasteiger charge is 2.30. The summed E-state index contributed by atoms with van der Waals surface area (Å²) < 4.78 is 5.36. The quantitative estimate of drug-likeness (QED) is 0.747. The number of aromatic amines is 1. The zero-order valence-corrected chi connectivity index (χ0v) is 11.5. The zero-order valence-electron chi connectivity index (χ0n) is 11.5. The predicted molar refractivity (Wildman–Crippen MR) is 72.9 cm³/mol. The van der Waals surface area contributed by atoms with Crippen LogP contribution in [0.4, 0.5) is 5.69 Å². The van der Waals surface area contributed by atoms with Crippen molar-refractivity contribution in [2.24, 2.45) is 0 Å². The van der Waals surface area contributed by atoms with E-state index in [1.165, 1.54) is 0 Å². The summed E-state index contributed by atoms with van der Waals surface area (Å²) in [5.41, 5.74) is 7.54. The molecule has 106 valence electrons. The predicted octanol–water partition coefficient (Wildman–Crippen LogP) is 1.24. The van der Waals surface area contributed by atoms with Gasteiger partial charge in [0.1, 0.15) is 0 Å². The highest BCUT2D eigenvalue weighted by molar-refractivity contribution is 5.97. The molecular formula is C13H22N4O2. The number of H-pyrrole nitrogens is 1. The van der Waals surface area contributed by atoms with Gasteiger partial charge in [-0.3, -0.25) is 9.89 Å². The van der Waals surface area contributed by atoms with Gasteiger partial charge >= 0.3 is 0 Å². The molecule has 1 aromatic heterocycles. The van der Waals surface area contributed by atoms with Gasteiger partial charge in [-0.25, -0.2) is 0 Å². The number of aryl methyl sites for hydroxylation is 1. The Labute approximate surface area is 113 Å². The standard InChI is InChI=1S/C13H22N4O2/c1-3-5-9-11(14)12(17-16-9)13(18)15-8-6-4-7-10(8)19-2/h8,10H,3-7,14H2,1-2H3,(H,15,18)(H,16,17). The Bertz CT molecular complexity index is 444. The molecule has 1 saturated carbocycles. The van der Waals surface area contributed by atoms with Crippen LogP contribution in [0.1, 0.15) is 48.8 Å². The van der Waals surface area contributed by atoms with Crippen LogP contribution in [0.15, 0.2) is 0 Å². The first-order valence-corrected chi connectivity index (χ1v) is 6.83. The third-order valence-electron chi connectivity index (χ3n) is 3.67. The van der Waals surface area contributed by atoms with Crippen LogP contribution in [0.5, 0.6) is 0 Å². The van der Waals surface area contributed by atoms with E-state index in [2.05, 4.69) is 22.4 Å². The molecule has 2 rings (SSSR count). The van der Waals surface area contributed by atoms with Gasteiger partial charge in [0.05, 0.1) is 23.5 Å². The summed E-state index contributed by atoms with van der Waals surface area (Å²) in [6, 6.07) is 0.0585. The van der Waals surface area contributed by atoms with Crippen molar-refractivity contribution in [3.8, 4) is 0 Å². The van der Waals surface area contributed by atoms with E-state index in [9.17, 15) is 4.79 Å². The van der Waals surface area contributed by atoms with E-state index in [4.69, 9.17) is 10.5 Å². The molecule has 1 amide bonds. The highest BCUT2D eigenvalue weighted by Crippen LogP contribution is 2.22. The minimum absolute atomic E-state index is 0.0585. The van der Waals surface area contributed by atoms with E-state index in [1.807, 2.05) is 0 Å². The van der Waals surface area contributed by atoms with Crippen molar-refractivity contribution >= 4 is 11.6 Å². The van der Waals surface area contributed by atoms with E-state index >= 15 is 0 Å². The van der Waals surface area contributed by atoms with Crippen molar-refractivity contribution in [3.63, 3.8) is 0 Å². The molecule has 19 heavy (non-hydrogen) atoms. The molecule has 0 aromatic carbocycles. The highest BCUT2D eigenvalue weighted by atomic mass is 16.5. The van der Waals surface area contributed by atoms with Crippen molar-refractivity contribution in [2.75, 3.05) is 12.8 Å². The SMILES string of the molecule is CCCc1[nH]nc(C(=O)NC2CCCC2OC)c1N. The number of rotatable bonds is 5. The number of hydrogen-bond acceptors (Lipinski definition) is 4. The van der Waals surface area contributed by atoms with Crippen LogP contribution in [-0.2, 0) is 11.2 Å². The lowest BCUT2D eigenvalue weighted by atomic mass is 10.1. The number of carbonyl (C=O) groups is 1. The van der Waals surface area contributed by atoms with Crippen LogP contribution in [0, 0.1) is 0 Å². The van der Waals surface area contributed by atoms with Crippen LogP contribution >= 0.6 is 0 Å². The topological polar surface area (TPSA) is 93.0 Å². The Kier molecular flexibility index (Phi) is 4.42. The minimum atomic E-state index is -0.218. The fourth-order valence-electron chi connectivity index (χ4n) is 2.61. The first kappa shape index (κ1) is 13.9. The van der Waals surface area contributed by atoms with E-state index in [-0.39, 0.29) is 18.1 Å². The van der Waals surface area contributed by atoms with Gasteiger partial charge in [0.15, 0.2) is 5.69 Å². The summed E-state index contributed by atoms with van der Waals surface area (Å²) in [5, 5.41) is 9.83. The molecule has 2 atom stereocenters. The van der Waals surface area contributed by atoms with E-state index in [0.717, 1.165) is 37.8 Å². The number of nitrogens with zero attached hydrogens (tertiary/aromatic N) is 1. The molecule has 1 aliphatic carbocycles. The maximum absolute atomic E-state index is 12.2. The lowest BCUT2D eigenvalue weighted by Gasteiger charge is -2.19. The molecule has 2 unspecified atom stereocenters. The Morgan fingerprint density at radius 2 is 2.37 bits per heavy atom. The van der Waals surface area contributed by atoms with Gasteiger partial charge in [-0.15, -0.1) is 0 Å². The van der Waals surface area contributed by atoms with Gasteiger partial charge in [0, 0.05) is 7.11 Å². The molecule has 0 aliphatic heterocycles. The van der Waals surface area contributed by atoms with Gasteiger partial charge < -0.3 is 15.8 Å². The van der Waals surface area contributed by atoms with Gasteiger partial charge in [-0.05, 0) is 25.7 Å². The normalized spacial score (nSPS) is 22.6. The van der Waals surface area contributed by atoms with Crippen molar-refractivity contribution < 1.29 is 9.53 Å². The fraction of sp³-hybridized carbons (Fsp3) is 0.692. The molecule has 4 N–H and O–H groups in total. The summed E-state index contributed by atoms with van der Waals surface area (Å²) in [6.07, 6.45) is 4.85. The largest absolute Gasteiger partial charge is 0.395 e. The maximum atomic E-state index is 12.2. The Balaban J connectivity index is 2.03. The lowest BCUT2D eigenvalue weighted by molar-refractivity contribution is 0.0720. The Morgan fingerprint density at radius 1 is 1.58 bits per heavy atom. The van der Waals surface area contributed by atoms with Gasteiger partial charge in [0.25, 0.3) is 5.91 Å². The summed E-state index contributed by atoms with van der Waals surface area (Å²) in [7, 11) is 1.68. The average molecular weight is 266 g/mol. The number of aromatic nitrogens is 2. The Hall–Kier alpha value is -1.56. The first-order chi connectivity index (χ1) is 9.17. The van der Waals surface area contributed by atoms with Crippen LogP contribution in [-0.4, -0.2) is 35.4 Å². The molecule has 1 fully saturated rings. The Morgan fingerprint density at radius 3 is 3.05 bits per heavy atom. The number of ether oxygens (including phenoxy) is 1. The molecule has 1 aromatic rings. The van der Waals surface area contributed by atoms with Crippen molar-refractivity contribution in [3.05, 3.63) is 11.4 Å². The van der Waals surface area contributed by atoms with E-state index in [1.54, 1.807) is 7.11 Å². The van der Waals surface area contributed by atoms with Crippen LogP contribution in [0.3, 0.4) is 0 Å². The monoisotopic (exact) mass is 266 g/mol. The van der Waals surface area contributed by atoms with Crippen molar-refractivity contribution in [2.45, 2.75) is 51.2 Å². The average Bonchev–Trinajstić information content (AvgIpc) is 2.98. The molecule has 0 bridgehead atoms. The molecule has 0 saturated heterocycles. The summed E-state index contributed by atoms with van der Waals surface area (Å²) in [5.74, 6) is -0.218. The van der Waals surface area contributed by atoms with Crippen LogP contribution in [0.2, 0.25) is 0 Å². The number of hydrogen-bond donors (Lipinski definition) is 3. The zero-order chi connectivity index (χ0) is 13.8. The van der Waals surface area contributed by atoms with Crippen LogP contribution in [0.25, 0.3) is 0 Å². The van der Waals surface area contributed by atoms with Crippen molar-refractivity contribution in [1.29, 1.82) is 0 Å². The number of amides is 1. The number of nitrogen functional groups attached to an aromatic ring is 1. The van der Waals surface area contributed by atoms with E-state index < -0.39 is 0 Å². The number of carbonyl (C=O) groups excluding carboxylic acids is 1. The maximum Gasteiger partial charge on any atom is 0.274 e. The molecule has 1 aliphatic rings. The number of nitrogens with one attached hydrogen (secondary N) is 2. The van der Waals surface area contributed by atoms with E-state index in [0.29, 0.717) is 11.4 Å². The molecule has 0 radical (unpaired) electrons. The second kappa shape index (κ2) is 6.06. The number of anilines is 1. The first-order valence-electron chi connectivity index (χ1n) is 6.83. The van der Waals surface area contributed by atoms with Gasteiger partial charge in [-0.2, -0.15) is 5.10 Å². The smallest absolute Gasteiger partial charge is 0.274 e. The fourth-order valence-corrected chi connectivity index (χ4v) is 2.61. The molecule has 1 heterocycles. The second-order valence-electron chi connectivity index (χ2n) is 5.00. The third-order valence-corrected chi connectivity index (χ3v) is 3.67. The van der Waals surface area contributed by atoms with Crippen molar-refractivity contribution in [1.82, 2.24) is 15.5 Å². The van der Waals surface area contributed by atoms with Gasteiger partial charge in [0.2, 0.25) is 0 Å². The molecule has 6 heteroatoms. The number of methoxy groups -OCH3 is 1. The second-order valence-corrected chi connectivity index (χ2v) is 5.00. The summed E-state index contributed by atoms with van der Waals surface area (Å²) in [6.45, 7) is 2.06. The minimum Gasteiger partial charge on any atom is -0.395 e. The third kappa shape index (κ3) is 2.89. The van der Waals surface area contributed by atoms with Crippen LogP contribution < -0.4 is 11.1 Å². The van der Waals surface area contributed by atoms with Gasteiger partial charge in [-0.1, -0.05) is 13.3 Å². The molecule has 6 nitrogen and oxygen atoms in total. The summed E-state index contributed by atoms with van der Waals surface area (Å²) in [4.78, 5) is 12.2. The molecule has 0 spiro atoms. The molecular weight excluding hydrogens is 244 g/mol. The number of nitrogens with two attached hydrogens (primary N) is 1.